The van der Waals surface area contributed by atoms with E-state index < -0.39 is 0 Å². The van der Waals surface area contributed by atoms with Crippen molar-refractivity contribution in [1.29, 1.82) is 0 Å². The fourth-order valence-corrected chi connectivity index (χ4v) is 3.94. The zero-order valence-corrected chi connectivity index (χ0v) is 17.2. The maximum Gasteiger partial charge on any atom is 0.227 e. The summed E-state index contributed by atoms with van der Waals surface area (Å²) in [7, 11) is 0. The van der Waals surface area contributed by atoms with Crippen LogP contribution < -0.4 is 0 Å². The molecule has 0 atom stereocenters. The molecule has 0 unspecified atom stereocenters. The molecule has 0 saturated carbocycles. The Balaban J connectivity index is 1.28. The van der Waals surface area contributed by atoms with Gasteiger partial charge in [0.15, 0.2) is 16.7 Å². The molecule has 0 radical (unpaired) electrons. The quantitative estimate of drug-likeness (QED) is 0.298. The van der Waals surface area contributed by atoms with Gasteiger partial charge >= 0.3 is 0 Å². The number of hydrogen-bond donors (Lipinski definition) is 0. The Kier molecular flexibility index (Phi) is 3.75. The van der Waals surface area contributed by atoms with Gasteiger partial charge in [0.1, 0.15) is 16.6 Å². The van der Waals surface area contributed by atoms with Crippen molar-refractivity contribution in [3.05, 3.63) is 91.0 Å². The highest BCUT2D eigenvalue weighted by Gasteiger charge is 2.15. The molecular weight excluding hydrogens is 414 g/mol. The van der Waals surface area contributed by atoms with Crippen molar-refractivity contribution in [3.8, 4) is 34.4 Å². The number of nitrogens with zero attached hydrogens (tertiary/aromatic N) is 3. The van der Waals surface area contributed by atoms with E-state index in [2.05, 4.69) is 9.97 Å². The Labute approximate surface area is 187 Å². The van der Waals surface area contributed by atoms with Gasteiger partial charge in [0.05, 0.1) is 0 Å². The van der Waals surface area contributed by atoms with Crippen LogP contribution >= 0.6 is 0 Å². The van der Waals surface area contributed by atoms with Gasteiger partial charge in [-0.3, -0.25) is 0 Å². The van der Waals surface area contributed by atoms with Crippen LogP contribution in [0.25, 0.3) is 67.7 Å². The van der Waals surface area contributed by atoms with Crippen LogP contribution in [0, 0.1) is 0 Å². The second-order valence-electron chi connectivity index (χ2n) is 7.76. The molecule has 0 aliphatic heterocycles. The summed E-state index contributed by atoms with van der Waals surface area (Å²) >= 11 is 0. The van der Waals surface area contributed by atoms with E-state index in [9.17, 15) is 0 Å². The third kappa shape index (κ3) is 3.00. The van der Waals surface area contributed by atoms with E-state index in [1.165, 1.54) is 0 Å². The lowest BCUT2D eigenvalue weighted by Gasteiger charge is -1.93. The van der Waals surface area contributed by atoms with Crippen molar-refractivity contribution >= 4 is 33.3 Å². The minimum Gasteiger partial charge on any atom is -0.436 e. The molecule has 0 saturated heterocycles. The molecule has 0 spiro atoms. The Morgan fingerprint density at radius 2 is 0.879 bits per heavy atom. The first kappa shape index (κ1) is 17.9. The third-order valence-electron chi connectivity index (χ3n) is 5.58. The Morgan fingerprint density at radius 3 is 1.48 bits per heavy atom. The zero-order valence-electron chi connectivity index (χ0n) is 17.2. The maximum absolute atomic E-state index is 6.02. The summed E-state index contributed by atoms with van der Waals surface area (Å²) in [5.74, 6) is 1.66. The van der Waals surface area contributed by atoms with Crippen LogP contribution in [0.15, 0.2) is 104 Å². The van der Waals surface area contributed by atoms with Crippen LogP contribution in [0.2, 0.25) is 0 Å². The van der Waals surface area contributed by atoms with E-state index >= 15 is 0 Å². The highest BCUT2D eigenvalue weighted by atomic mass is 16.4. The van der Waals surface area contributed by atoms with E-state index in [4.69, 9.17) is 18.2 Å². The minimum absolute atomic E-state index is 0.519. The van der Waals surface area contributed by atoms with Gasteiger partial charge in [-0.05, 0) is 60.7 Å². The summed E-state index contributed by atoms with van der Waals surface area (Å²) in [5.41, 5.74) is 7.07. The molecule has 0 bridgehead atoms. The van der Waals surface area contributed by atoms with Crippen molar-refractivity contribution in [3.63, 3.8) is 0 Å². The molecule has 4 aromatic carbocycles. The smallest absolute Gasteiger partial charge is 0.227 e. The van der Waals surface area contributed by atoms with Crippen molar-refractivity contribution in [1.82, 2.24) is 15.0 Å². The van der Waals surface area contributed by atoms with Gasteiger partial charge in [0.2, 0.25) is 17.7 Å². The molecule has 156 valence electrons. The van der Waals surface area contributed by atoms with Crippen molar-refractivity contribution < 1.29 is 13.3 Å². The highest BCUT2D eigenvalue weighted by molar-refractivity contribution is 5.85. The number of hydrogen-bond acceptors (Lipinski definition) is 6. The molecule has 6 heteroatoms. The summed E-state index contributed by atoms with van der Waals surface area (Å²) in [5, 5.41) is 0. The first-order valence-electron chi connectivity index (χ1n) is 10.5. The second kappa shape index (κ2) is 6.90. The molecule has 7 rings (SSSR count). The summed E-state index contributed by atoms with van der Waals surface area (Å²) in [6.45, 7) is 0. The average molecular weight is 429 g/mol. The number of para-hydroxylation sites is 2. The lowest BCUT2D eigenvalue weighted by atomic mass is 10.2. The van der Waals surface area contributed by atoms with Gasteiger partial charge in [-0.1, -0.05) is 30.3 Å². The lowest BCUT2D eigenvalue weighted by molar-refractivity contribution is 0.617. The largest absolute Gasteiger partial charge is 0.436 e. The maximum atomic E-state index is 6.02. The van der Waals surface area contributed by atoms with Crippen LogP contribution in [0.4, 0.5) is 0 Å². The van der Waals surface area contributed by atoms with E-state index in [0.29, 0.717) is 28.8 Å². The van der Waals surface area contributed by atoms with Crippen molar-refractivity contribution in [2.75, 3.05) is 0 Å². The van der Waals surface area contributed by atoms with Gasteiger partial charge in [-0.15, -0.1) is 0 Å². The number of rotatable bonds is 3. The molecule has 6 nitrogen and oxygen atoms in total. The molecule has 0 aliphatic carbocycles. The summed E-state index contributed by atoms with van der Waals surface area (Å²) in [6.07, 6.45) is 0. The van der Waals surface area contributed by atoms with Gasteiger partial charge < -0.3 is 13.3 Å². The molecule has 7 aromatic rings. The van der Waals surface area contributed by atoms with E-state index in [-0.39, 0.29) is 0 Å². The van der Waals surface area contributed by atoms with Crippen molar-refractivity contribution in [2.24, 2.45) is 0 Å². The Hall–Kier alpha value is -4.71. The van der Waals surface area contributed by atoms with Gasteiger partial charge in [-0.25, -0.2) is 15.0 Å². The van der Waals surface area contributed by atoms with Crippen molar-refractivity contribution in [2.45, 2.75) is 0 Å². The lowest BCUT2D eigenvalue weighted by Crippen LogP contribution is -1.79. The Morgan fingerprint density at radius 1 is 0.394 bits per heavy atom. The number of fused-ring (bicyclic) bond motifs is 3. The number of oxazole rings is 3. The fourth-order valence-electron chi connectivity index (χ4n) is 3.94. The fraction of sp³-hybridized carbons (Fsp3) is 0. The minimum atomic E-state index is 0.519. The monoisotopic (exact) mass is 429 g/mol. The molecule has 0 amide bonds. The predicted molar refractivity (Wildman–Crippen MR) is 125 cm³/mol. The molecule has 0 fully saturated rings. The average Bonchev–Trinajstić information content (AvgIpc) is 3.59. The molecule has 0 aliphatic rings. The van der Waals surface area contributed by atoms with E-state index in [1.54, 1.807) is 0 Å². The SMILES string of the molecule is c1ccc(-c2nc3cc(-c4nc5cc(-c6nc7ccccc7o6)ccc5o4)ccc3o2)cc1. The predicted octanol–water partition coefficient (Wildman–Crippen LogP) is 7.11. The van der Waals surface area contributed by atoms with E-state index in [1.807, 2.05) is 91.0 Å². The third-order valence-corrected chi connectivity index (χ3v) is 5.58. The number of benzene rings is 4. The van der Waals surface area contributed by atoms with Crippen LogP contribution in [-0.4, -0.2) is 15.0 Å². The van der Waals surface area contributed by atoms with Crippen LogP contribution in [-0.2, 0) is 0 Å². The first-order valence-corrected chi connectivity index (χ1v) is 10.5. The molecular formula is C27H15N3O3. The Bertz CT molecular complexity index is 1740. The van der Waals surface area contributed by atoms with E-state index in [0.717, 1.165) is 38.8 Å². The molecule has 33 heavy (non-hydrogen) atoms. The van der Waals surface area contributed by atoms with Crippen LogP contribution in [0.1, 0.15) is 0 Å². The zero-order chi connectivity index (χ0) is 21.8. The molecule has 0 N–H and O–H groups in total. The first-order chi connectivity index (χ1) is 16.3. The summed E-state index contributed by atoms with van der Waals surface area (Å²) in [4.78, 5) is 13.9. The highest BCUT2D eigenvalue weighted by Crippen LogP contribution is 2.32. The summed E-state index contributed by atoms with van der Waals surface area (Å²) < 4.78 is 17.8. The normalized spacial score (nSPS) is 11.6. The summed E-state index contributed by atoms with van der Waals surface area (Å²) in [6, 6.07) is 29.0. The van der Waals surface area contributed by atoms with Crippen LogP contribution in [0.5, 0.6) is 0 Å². The number of aromatic nitrogens is 3. The van der Waals surface area contributed by atoms with Gasteiger partial charge in [0, 0.05) is 16.7 Å². The van der Waals surface area contributed by atoms with Gasteiger partial charge in [-0.2, -0.15) is 0 Å². The topological polar surface area (TPSA) is 78.1 Å². The molecule has 3 aromatic heterocycles. The standard InChI is InChI=1S/C27H15N3O3/c1-2-6-16(7-3-1)25-29-20-15-18(11-12-23(20)32-25)27-30-21-14-17(10-13-24(21)33-27)26-28-19-8-4-5-9-22(19)31-26/h1-15H. The molecule has 3 heterocycles. The van der Waals surface area contributed by atoms with Gasteiger partial charge in [0.25, 0.3) is 0 Å². The second-order valence-corrected chi connectivity index (χ2v) is 7.76. The van der Waals surface area contributed by atoms with Crippen LogP contribution in [0.3, 0.4) is 0 Å².